The van der Waals surface area contributed by atoms with E-state index >= 15 is 0 Å². The zero-order chi connectivity index (χ0) is 16.5. The van der Waals surface area contributed by atoms with Crippen LogP contribution in [0.25, 0.3) is 0 Å². The van der Waals surface area contributed by atoms with E-state index in [1.54, 1.807) is 0 Å². The van der Waals surface area contributed by atoms with Crippen LogP contribution in [0.4, 0.5) is 0 Å². The van der Waals surface area contributed by atoms with Crippen LogP contribution in [0.2, 0.25) is 0 Å². The Kier molecular flexibility index (Phi) is 12.8. The maximum absolute atomic E-state index is 9.77. The number of aliphatic carboxylic acids is 2. The Labute approximate surface area is 129 Å². The van der Waals surface area contributed by atoms with E-state index in [9.17, 15) is 19.8 Å². The van der Waals surface area contributed by atoms with E-state index in [1.165, 1.54) is 0 Å². The van der Waals surface area contributed by atoms with Crippen molar-refractivity contribution in [2.45, 2.75) is 25.7 Å². The smallest absolute Gasteiger partial charge is 0.166 e. The molecule has 2 aromatic rings. The number of rotatable bonds is 5. The molecule has 118 valence electrons. The summed E-state index contributed by atoms with van der Waals surface area (Å²) in [6.07, 6.45) is 8.03. The van der Waals surface area contributed by atoms with Crippen molar-refractivity contribution in [1.29, 1.82) is 0 Å². The Bertz CT molecular complexity index is 391. The highest BCUT2D eigenvalue weighted by Crippen LogP contribution is 1.96. The Morgan fingerprint density at radius 1 is 0.636 bits per heavy atom. The van der Waals surface area contributed by atoms with Crippen molar-refractivity contribution in [3.05, 3.63) is 61.2 Å². The average molecular weight is 304 g/mol. The topological polar surface area (TPSA) is 109 Å². The van der Waals surface area contributed by atoms with E-state index in [4.69, 9.17) is 0 Å². The van der Waals surface area contributed by atoms with Crippen LogP contribution in [0.5, 0.6) is 0 Å². The number of hydrogen-bond acceptors (Lipinski definition) is 4. The number of pyridine rings is 2. The summed E-state index contributed by atoms with van der Waals surface area (Å²) in [5.74, 6) is -2.28. The van der Waals surface area contributed by atoms with Gasteiger partial charge in [-0.25, -0.2) is 9.97 Å². The molecular weight excluding hydrogens is 284 g/mol. The van der Waals surface area contributed by atoms with Crippen LogP contribution < -0.4 is 20.2 Å². The van der Waals surface area contributed by atoms with Gasteiger partial charge in [0.1, 0.15) is 0 Å². The van der Waals surface area contributed by atoms with E-state index < -0.39 is 11.9 Å². The fraction of sp³-hybridized carbons (Fsp3) is 0.250. The van der Waals surface area contributed by atoms with Gasteiger partial charge >= 0.3 is 0 Å². The van der Waals surface area contributed by atoms with Gasteiger partial charge in [-0.2, -0.15) is 0 Å². The molecule has 0 amide bonds. The summed E-state index contributed by atoms with van der Waals surface area (Å²) < 4.78 is 0. The molecule has 0 unspecified atom stereocenters. The van der Waals surface area contributed by atoms with Gasteiger partial charge in [0.15, 0.2) is 24.8 Å². The molecule has 0 bridgehead atoms. The number of hydrogen-bond donors (Lipinski definition) is 0. The third kappa shape index (κ3) is 17.2. The number of carboxylic acids is 2. The summed E-state index contributed by atoms with van der Waals surface area (Å²) in [6.45, 7) is 0. The number of carbonyl (C=O) groups is 2. The molecule has 2 heterocycles. The lowest BCUT2D eigenvalue weighted by atomic mass is 10.2. The fourth-order valence-corrected chi connectivity index (χ4v) is 1.22. The summed E-state index contributed by atoms with van der Waals surface area (Å²) in [5.41, 5.74) is 0. The Morgan fingerprint density at radius 3 is 1.09 bits per heavy atom. The van der Waals surface area contributed by atoms with Crippen LogP contribution in [0.3, 0.4) is 0 Å². The van der Waals surface area contributed by atoms with Crippen molar-refractivity contribution in [3.63, 3.8) is 0 Å². The van der Waals surface area contributed by atoms with Crippen LogP contribution in [-0.2, 0) is 9.59 Å². The summed E-state index contributed by atoms with van der Waals surface area (Å²) in [6, 6.07) is 11.7. The van der Waals surface area contributed by atoms with E-state index in [2.05, 4.69) is 9.97 Å². The molecule has 0 saturated carbocycles. The molecule has 0 aliphatic rings. The summed E-state index contributed by atoms with van der Waals surface area (Å²) in [7, 11) is 0. The molecule has 0 aliphatic carbocycles. The highest BCUT2D eigenvalue weighted by atomic mass is 16.4. The minimum atomic E-state index is -1.14. The van der Waals surface area contributed by atoms with Gasteiger partial charge in [0, 0.05) is 36.2 Å². The average Bonchev–Trinajstić information content (AvgIpc) is 2.56. The van der Waals surface area contributed by atoms with E-state index in [0.717, 1.165) is 0 Å². The predicted molar refractivity (Wildman–Crippen MR) is 74.5 cm³/mol. The van der Waals surface area contributed by atoms with Gasteiger partial charge in [0.2, 0.25) is 0 Å². The van der Waals surface area contributed by atoms with Gasteiger partial charge in [-0.15, -0.1) is 0 Å². The molecule has 0 saturated heterocycles. The van der Waals surface area contributed by atoms with Gasteiger partial charge in [-0.3, -0.25) is 0 Å². The zero-order valence-electron chi connectivity index (χ0n) is 12.2. The van der Waals surface area contributed by atoms with Crippen LogP contribution in [0.15, 0.2) is 61.2 Å². The molecule has 6 heteroatoms. The monoisotopic (exact) mass is 304 g/mol. The first-order valence-corrected chi connectivity index (χ1v) is 6.84. The van der Waals surface area contributed by atoms with E-state index in [-0.39, 0.29) is 12.8 Å². The first kappa shape index (κ1) is 19.2. The molecule has 0 aromatic carbocycles. The van der Waals surface area contributed by atoms with Crippen LogP contribution in [-0.4, -0.2) is 11.9 Å². The lowest BCUT2D eigenvalue weighted by Crippen LogP contribution is -2.23. The highest BCUT2D eigenvalue weighted by Gasteiger charge is 1.89. The van der Waals surface area contributed by atoms with Crippen molar-refractivity contribution in [2.24, 2.45) is 0 Å². The molecular formula is C16H20N2O4. The molecule has 2 rings (SSSR count). The Balaban J connectivity index is 0.000000315. The number of nitrogens with one attached hydrogen (secondary N) is 2. The van der Waals surface area contributed by atoms with Gasteiger partial charge in [0.25, 0.3) is 0 Å². The highest BCUT2D eigenvalue weighted by molar-refractivity contribution is 5.65. The maximum Gasteiger partial charge on any atom is 0.166 e. The quantitative estimate of drug-likeness (QED) is 0.663. The molecule has 0 radical (unpaired) electrons. The summed E-state index contributed by atoms with van der Waals surface area (Å²) in [5, 5.41) is 19.5. The molecule has 2 aromatic heterocycles. The second-order valence-corrected chi connectivity index (χ2v) is 4.11. The maximum atomic E-state index is 9.77. The first-order chi connectivity index (χ1) is 10.6. The zero-order valence-corrected chi connectivity index (χ0v) is 12.2. The third-order valence-corrected chi connectivity index (χ3v) is 2.23. The lowest BCUT2D eigenvalue weighted by molar-refractivity contribution is -0.378. The third-order valence-electron chi connectivity index (χ3n) is 2.23. The van der Waals surface area contributed by atoms with Crippen molar-refractivity contribution in [2.75, 3.05) is 0 Å². The summed E-state index contributed by atoms with van der Waals surface area (Å²) in [4.78, 5) is 25.3. The van der Waals surface area contributed by atoms with Crippen LogP contribution >= 0.6 is 0 Å². The molecule has 0 fully saturated rings. The SMILES string of the molecule is O=C([O-])CCCCC(=O)[O-].c1cc[nH+]cc1.c1cc[nH+]cc1. The number of unbranched alkanes of at least 4 members (excludes halogenated alkanes) is 1. The fourth-order valence-electron chi connectivity index (χ4n) is 1.22. The van der Waals surface area contributed by atoms with Gasteiger partial charge in [-0.05, 0) is 25.7 Å². The van der Waals surface area contributed by atoms with Crippen molar-refractivity contribution >= 4 is 11.9 Å². The summed E-state index contributed by atoms with van der Waals surface area (Å²) >= 11 is 0. The van der Waals surface area contributed by atoms with Crippen molar-refractivity contribution < 1.29 is 29.8 Å². The lowest BCUT2D eigenvalue weighted by Gasteiger charge is -2.01. The number of aromatic amines is 2. The molecule has 2 N–H and O–H groups in total. The molecule has 0 aliphatic heterocycles. The Hall–Kier alpha value is -2.76. The van der Waals surface area contributed by atoms with Crippen LogP contribution in [0, 0.1) is 0 Å². The van der Waals surface area contributed by atoms with Gasteiger partial charge in [-0.1, -0.05) is 12.1 Å². The standard InChI is InChI=1S/C6H10O4.2C5H5N/c7-5(8)3-1-2-4-6(9)10;2*1-2-4-6-5-3-1/h1-4H2,(H,7,8)(H,9,10);2*1-5H. The molecule has 0 atom stereocenters. The molecule has 0 spiro atoms. The number of aromatic nitrogens is 2. The largest absolute Gasteiger partial charge is 0.550 e. The number of carbonyl (C=O) groups excluding carboxylic acids is 2. The molecule has 22 heavy (non-hydrogen) atoms. The minimum Gasteiger partial charge on any atom is -0.550 e. The normalized spacial score (nSPS) is 8.55. The van der Waals surface area contributed by atoms with Crippen molar-refractivity contribution in [3.8, 4) is 0 Å². The number of carboxylic acid groups (broad SMARTS) is 2. The predicted octanol–water partition coefficient (Wildman–Crippen LogP) is -0.952. The van der Waals surface area contributed by atoms with E-state index in [0.29, 0.717) is 12.8 Å². The second kappa shape index (κ2) is 14.6. The molecule has 6 nitrogen and oxygen atoms in total. The van der Waals surface area contributed by atoms with Gasteiger partial charge in [0.05, 0.1) is 0 Å². The minimum absolute atomic E-state index is 0.0761. The van der Waals surface area contributed by atoms with Gasteiger partial charge < -0.3 is 19.8 Å². The van der Waals surface area contributed by atoms with E-state index in [1.807, 2.05) is 61.2 Å². The number of H-pyrrole nitrogens is 2. The Morgan fingerprint density at radius 2 is 0.955 bits per heavy atom. The van der Waals surface area contributed by atoms with Crippen LogP contribution in [0.1, 0.15) is 25.7 Å². The van der Waals surface area contributed by atoms with Crippen molar-refractivity contribution in [1.82, 2.24) is 0 Å². The first-order valence-electron chi connectivity index (χ1n) is 6.84. The second-order valence-electron chi connectivity index (χ2n) is 4.11.